The van der Waals surface area contributed by atoms with Crippen LogP contribution in [0.2, 0.25) is 0 Å². The summed E-state index contributed by atoms with van der Waals surface area (Å²) in [6, 6.07) is -0.993. The number of amides is 3. The first kappa shape index (κ1) is 8.64. The van der Waals surface area contributed by atoms with Crippen molar-refractivity contribution >= 4 is 11.9 Å². The Morgan fingerprint density at radius 3 is 2.30 bits per heavy atom. The fraction of sp³-hybridized carbons (Fsp3) is 0.200. The van der Waals surface area contributed by atoms with E-state index in [1.807, 2.05) is 0 Å². The van der Waals surface area contributed by atoms with Gasteiger partial charge in [-0.05, 0) is 6.08 Å². The van der Waals surface area contributed by atoms with E-state index in [4.69, 9.17) is 5.11 Å². The number of hydrogen-bond donors (Lipinski definition) is 2. The number of rotatable bonds is 2. The topological polar surface area (TPSA) is 83.6 Å². The van der Waals surface area contributed by atoms with Crippen LogP contribution >= 0.6 is 0 Å². The molecule has 5 nitrogen and oxygen atoms in total. The van der Waals surface area contributed by atoms with E-state index in [0.717, 1.165) is 6.08 Å². The number of primary amides is 1. The van der Waals surface area contributed by atoms with Gasteiger partial charge in [0, 0.05) is 0 Å². The number of carbonyl (C=O) groups is 2. The van der Waals surface area contributed by atoms with Crippen molar-refractivity contribution in [1.29, 1.82) is 0 Å². The van der Waals surface area contributed by atoms with Gasteiger partial charge >= 0.3 is 6.03 Å². The molecule has 0 atom stereocenters. The third kappa shape index (κ3) is 1.87. The molecule has 10 heavy (non-hydrogen) atoms. The third-order valence-electron chi connectivity index (χ3n) is 0.848. The van der Waals surface area contributed by atoms with Gasteiger partial charge in [0.15, 0.2) is 0 Å². The Balaban J connectivity index is 4.20. The molecule has 0 fully saturated rings. The van der Waals surface area contributed by atoms with Gasteiger partial charge in [0.05, 0.1) is 0 Å². The Kier molecular flexibility index (Phi) is 3.13. The molecule has 0 rings (SSSR count). The molecule has 0 aliphatic heterocycles. The van der Waals surface area contributed by atoms with Crippen molar-refractivity contribution in [2.45, 2.75) is 0 Å². The largest absolute Gasteiger partial charge is 0.376 e. The van der Waals surface area contributed by atoms with Crippen molar-refractivity contribution in [3.63, 3.8) is 0 Å². The van der Waals surface area contributed by atoms with Crippen LogP contribution in [0.4, 0.5) is 4.79 Å². The highest BCUT2D eigenvalue weighted by Gasteiger charge is 2.13. The van der Waals surface area contributed by atoms with Gasteiger partial charge in [-0.1, -0.05) is 6.58 Å². The fourth-order valence-electron chi connectivity index (χ4n) is 0.358. The van der Waals surface area contributed by atoms with Crippen LogP contribution in [0.3, 0.4) is 0 Å². The number of aliphatic hydroxyl groups is 1. The van der Waals surface area contributed by atoms with Crippen LogP contribution in [0.1, 0.15) is 0 Å². The highest BCUT2D eigenvalue weighted by Crippen LogP contribution is 1.86. The minimum absolute atomic E-state index is 0.451. The highest BCUT2D eigenvalue weighted by molar-refractivity contribution is 5.99. The zero-order chi connectivity index (χ0) is 8.15. The molecule has 0 aromatic heterocycles. The van der Waals surface area contributed by atoms with E-state index in [0.29, 0.717) is 4.90 Å². The van der Waals surface area contributed by atoms with E-state index in [1.54, 1.807) is 0 Å². The fourth-order valence-corrected chi connectivity index (χ4v) is 0.358. The van der Waals surface area contributed by atoms with Crippen LogP contribution < -0.4 is 5.73 Å². The van der Waals surface area contributed by atoms with Gasteiger partial charge in [-0.15, -0.1) is 0 Å². The zero-order valence-electron chi connectivity index (χ0n) is 5.28. The van der Waals surface area contributed by atoms with Gasteiger partial charge in [0.1, 0.15) is 6.73 Å². The molecule has 0 aromatic carbocycles. The molecule has 0 spiro atoms. The molecule has 0 bridgehead atoms. The van der Waals surface area contributed by atoms with Gasteiger partial charge < -0.3 is 10.8 Å². The second kappa shape index (κ2) is 3.62. The van der Waals surface area contributed by atoms with Crippen LogP contribution in [0.25, 0.3) is 0 Å². The van der Waals surface area contributed by atoms with E-state index in [9.17, 15) is 9.59 Å². The predicted molar refractivity (Wildman–Crippen MR) is 33.7 cm³/mol. The predicted octanol–water partition coefficient (Wildman–Crippen LogP) is -0.970. The Bertz CT molecular complexity index is 166. The molecule has 0 aliphatic rings. The summed E-state index contributed by atoms with van der Waals surface area (Å²) in [5.74, 6) is -0.713. The summed E-state index contributed by atoms with van der Waals surface area (Å²) in [6.45, 7) is 2.38. The lowest BCUT2D eigenvalue weighted by Crippen LogP contribution is -2.40. The normalized spacial score (nSPS) is 8.50. The van der Waals surface area contributed by atoms with E-state index < -0.39 is 18.7 Å². The quantitative estimate of drug-likeness (QED) is 0.386. The van der Waals surface area contributed by atoms with Gasteiger partial charge in [-0.2, -0.15) is 0 Å². The molecule has 0 aliphatic carbocycles. The Labute approximate surface area is 57.7 Å². The van der Waals surface area contributed by atoms with Crippen LogP contribution in [0, 0.1) is 0 Å². The second-order valence-corrected chi connectivity index (χ2v) is 1.45. The van der Waals surface area contributed by atoms with Crippen LogP contribution in [0.15, 0.2) is 12.7 Å². The van der Waals surface area contributed by atoms with E-state index in [2.05, 4.69) is 12.3 Å². The van der Waals surface area contributed by atoms with Crippen LogP contribution in [-0.2, 0) is 4.79 Å². The number of imide groups is 1. The van der Waals surface area contributed by atoms with Crippen LogP contribution in [-0.4, -0.2) is 28.7 Å². The van der Waals surface area contributed by atoms with Gasteiger partial charge in [0.25, 0.3) is 5.91 Å². The van der Waals surface area contributed by atoms with E-state index in [-0.39, 0.29) is 0 Å². The van der Waals surface area contributed by atoms with Gasteiger partial charge in [-0.3, -0.25) is 4.79 Å². The Morgan fingerprint density at radius 2 is 2.20 bits per heavy atom. The Morgan fingerprint density at radius 1 is 1.70 bits per heavy atom. The average molecular weight is 144 g/mol. The van der Waals surface area contributed by atoms with Crippen molar-refractivity contribution in [2.24, 2.45) is 5.73 Å². The van der Waals surface area contributed by atoms with Crippen molar-refractivity contribution in [3.8, 4) is 0 Å². The summed E-state index contributed by atoms with van der Waals surface area (Å²) in [5.41, 5.74) is 4.68. The molecule has 3 N–H and O–H groups in total. The highest BCUT2D eigenvalue weighted by atomic mass is 16.3. The molecule has 56 valence electrons. The lowest BCUT2D eigenvalue weighted by Gasteiger charge is -2.11. The van der Waals surface area contributed by atoms with Gasteiger partial charge in [0.2, 0.25) is 0 Å². The first-order valence-corrected chi connectivity index (χ1v) is 2.47. The van der Waals surface area contributed by atoms with E-state index in [1.165, 1.54) is 0 Å². The smallest absolute Gasteiger partial charge is 0.323 e. The summed E-state index contributed by atoms with van der Waals surface area (Å²) >= 11 is 0. The maximum Gasteiger partial charge on any atom is 0.323 e. The first-order chi connectivity index (χ1) is 4.63. The lowest BCUT2D eigenvalue weighted by atomic mass is 10.5. The summed E-state index contributed by atoms with van der Waals surface area (Å²) in [6.07, 6.45) is 0.890. The average Bonchev–Trinajstić information content (AvgIpc) is 1.88. The molecule has 3 amide bonds. The van der Waals surface area contributed by atoms with Crippen molar-refractivity contribution < 1.29 is 14.7 Å². The summed E-state index contributed by atoms with van der Waals surface area (Å²) in [7, 11) is 0. The molecule has 0 saturated heterocycles. The van der Waals surface area contributed by atoms with Gasteiger partial charge in [-0.25, -0.2) is 9.69 Å². The standard InChI is InChI=1S/C5H8N2O3/c1-2-4(9)7(3-8)5(6)10/h2,8H,1,3H2,(H2,6,10). The molecular formula is C5H8N2O3. The minimum Gasteiger partial charge on any atom is -0.376 e. The summed E-state index contributed by atoms with van der Waals surface area (Å²) < 4.78 is 0. The number of aliphatic hydroxyl groups excluding tert-OH is 1. The van der Waals surface area contributed by atoms with E-state index >= 15 is 0 Å². The monoisotopic (exact) mass is 144 g/mol. The first-order valence-electron chi connectivity index (χ1n) is 2.47. The maximum absolute atomic E-state index is 10.5. The number of nitrogens with two attached hydrogens (primary N) is 1. The molecule has 5 heteroatoms. The number of urea groups is 1. The summed E-state index contributed by atoms with van der Waals surface area (Å²) in [4.78, 5) is 21.2. The third-order valence-corrected chi connectivity index (χ3v) is 0.848. The molecule has 0 unspecified atom stereocenters. The molecule has 0 radical (unpaired) electrons. The number of nitrogens with zero attached hydrogens (tertiary/aromatic N) is 1. The minimum atomic E-state index is -0.993. The molecule has 0 aromatic rings. The number of carbonyl (C=O) groups excluding carboxylic acids is 2. The number of hydrogen-bond acceptors (Lipinski definition) is 3. The van der Waals surface area contributed by atoms with Crippen molar-refractivity contribution in [1.82, 2.24) is 4.90 Å². The second-order valence-electron chi connectivity index (χ2n) is 1.45. The molecule has 0 heterocycles. The van der Waals surface area contributed by atoms with Crippen molar-refractivity contribution in [2.75, 3.05) is 6.73 Å². The molecular weight excluding hydrogens is 136 g/mol. The van der Waals surface area contributed by atoms with Crippen molar-refractivity contribution in [3.05, 3.63) is 12.7 Å². The van der Waals surface area contributed by atoms with Crippen LogP contribution in [0.5, 0.6) is 0 Å². The maximum atomic E-state index is 10.5. The Hall–Kier alpha value is -1.36. The lowest BCUT2D eigenvalue weighted by molar-refractivity contribution is -0.125. The molecule has 0 saturated carbocycles. The SMILES string of the molecule is C=CC(=O)N(CO)C(N)=O. The summed E-state index contributed by atoms with van der Waals surface area (Å²) in [5, 5.41) is 8.35. The zero-order valence-corrected chi connectivity index (χ0v) is 5.28.